The van der Waals surface area contributed by atoms with Crippen LogP contribution in [0.15, 0.2) is 30.3 Å². The van der Waals surface area contributed by atoms with Crippen LogP contribution in [-0.4, -0.2) is 37.6 Å². The summed E-state index contributed by atoms with van der Waals surface area (Å²) in [5.74, 6) is 0.608. The van der Waals surface area contributed by atoms with Crippen molar-refractivity contribution >= 4 is 0 Å². The summed E-state index contributed by atoms with van der Waals surface area (Å²) in [6.07, 6.45) is 5.52. The van der Waals surface area contributed by atoms with Crippen LogP contribution < -0.4 is 5.32 Å². The minimum Gasteiger partial charge on any atom is -0.316 e. The van der Waals surface area contributed by atoms with E-state index in [2.05, 4.69) is 47.5 Å². The van der Waals surface area contributed by atoms with E-state index in [-0.39, 0.29) is 0 Å². The number of rotatable bonds is 7. The van der Waals surface area contributed by atoms with Gasteiger partial charge in [0.2, 0.25) is 0 Å². The van der Waals surface area contributed by atoms with Crippen LogP contribution in [0.3, 0.4) is 0 Å². The highest BCUT2D eigenvalue weighted by atomic mass is 15.1. The van der Waals surface area contributed by atoms with Crippen molar-refractivity contribution in [3.63, 3.8) is 0 Å². The predicted octanol–water partition coefficient (Wildman–Crippen LogP) is 3.26. The summed E-state index contributed by atoms with van der Waals surface area (Å²) in [6.45, 7) is 8.44. The Bertz CT molecular complexity index is 330. The Morgan fingerprint density at radius 1 is 1.11 bits per heavy atom. The maximum absolute atomic E-state index is 3.60. The van der Waals surface area contributed by atoms with E-state index in [4.69, 9.17) is 0 Å². The van der Waals surface area contributed by atoms with Gasteiger partial charge in [0.25, 0.3) is 0 Å². The smallest absolute Gasteiger partial charge is 0.00174 e. The molecule has 0 spiro atoms. The topological polar surface area (TPSA) is 15.3 Å². The average molecular weight is 260 g/mol. The Labute approximate surface area is 118 Å². The molecule has 2 heteroatoms. The second-order valence-corrected chi connectivity index (χ2v) is 5.77. The van der Waals surface area contributed by atoms with E-state index in [1.807, 2.05) is 0 Å². The molecule has 1 aromatic carbocycles. The molecular weight excluding hydrogens is 232 g/mol. The molecule has 1 aliphatic rings. The highest BCUT2D eigenvalue weighted by Crippen LogP contribution is 2.13. The molecule has 1 fully saturated rings. The monoisotopic (exact) mass is 260 g/mol. The molecule has 0 radical (unpaired) electrons. The highest BCUT2D eigenvalue weighted by molar-refractivity contribution is 5.18. The fourth-order valence-corrected chi connectivity index (χ4v) is 2.83. The minimum absolute atomic E-state index is 0.608. The van der Waals surface area contributed by atoms with Gasteiger partial charge in [-0.05, 0) is 56.9 Å². The molecule has 1 atom stereocenters. The molecule has 1 aromatic rings. The molecule has 1 heterocycles. The van der Waals surface area contributed by atoms with Gasteiger partial charge >= 0.3 is 0 Å². The average Bonchev–Trinajstić information content (AvgIpc) is 2.49. The van der Waals surface area contributed by atoms with Crippen LogP contribution in [0.25, 0.3) is 0 Å². The minimum atomic E-state index is 0.608. The lowest BCUT2D eigenvalue weighted by Gasteiger charge is -2.26. The van der Waals surface area contributed by atoms with Crippen LogP contribution >= 0.6 is 0 Å². The van der Waals surface area contributed by atoms with Crippen molar-refractivity contribution in [3.05, 3.63) is 35.9 Å². The largest absolute Gasteiger partial charge is 0.316 e. The number of hydrogen-bond acceptors (Lipinski definition) is 2. The van der Waals surface area contributed by atoms with E-state index < -0.39 is 0 Å². The van der Waals surface area contributed by atoms with Crippen molar-refractivity contribution in [3.8, 4) is 0 Å². The summed E-state index contributed by atoms with van der Waals surface area (Å²) in [5, 5.41) is 3.60. The molecule has 2 nitrogen and oxygen atoms in total. The van der Waals surface area contributed by atoms with E-state index in [0.29, 0.717) is 5.92 Å². The third-order valence-electron chi connectivity index (χ3n) is 4.10. The van der Waals surface area contributed by atoms with Crippen LogP contribution in [0.4, 0.5) is 0 Å². The molecule has 0 bridgehead atoms. The Morgan fingerprint density at radius 2 is 1.84 bits per heavy atom. The van der Waals surface area contributed by atoms with Gasteiger partial charge in [0.15, 0.2) is 0 Å². The summed E-state index contributed by atoms with van der Waals surface area (Å²) in [6, 6.07) is 10.8. The SMILES string of the molecule is CC(CNCCCN1CCCCC1)c1ccccc1. The quantitative estimate of drug-likeness (QED) is 0.757. The first-order valence-corrected chi connectivity index (χ1v) is 7.84. The number of piperidine rings is 1. The van der Waals surface area contributed by atoms with Crippen LogP contribution in [0.2, 0.25) is 0 Å². The lowest BCUT2D eigenvalue weighted by atomic mass is 10.0. The zero-order valence-corrected chi connectivity index (χ0v) is 12.3. The van der Waals surface area contributed by atoms with Crippen LogP contribution in [0.1, 0.15) is 44.1 Å². The summed E-state index contributed by atoms with van der Waals surface area (Å²) in [7, 11) is 0. The number of nitrogens with zero attached hydrogens (tertiary/aromatic N) is 1. The zero-order chi connectivity index (χ0) is 13.3. The molecule has 1 unspecified atom stereocenters. The van der Waals surface area contributed by atoms with Crippen LogP contribution in [0, 0.1) is 0 Å². The third kappa shape index (κ3) is 5.33. The van der Waals surface area contributed by atoms with Gasteiger partial charge in [-0.1, -0.05) is 43.7 Å². The lowest BCUT2D eigenvalue weighted by molar-refractivity contribution is 0.225. The molecule has 2 rings (SSSR count). The van der Waals surface area contributed by atoms with Gasteiger partial charge in [0.05, 0.1) is 0 Å². The van der Waals surface area contributed by atoms with Gasteiger partial charge in [0, 0.05) is 6.54 Å². The van der Waals surface area contributed by atoms with Crippen LogP contribution in [-0.2, 0) is 0 Å². The highest BCUT2D eigenvalue weighted by Gasteiger charge is 2.09. The van der Waals surface area contributed by atoms with Gasteiger partial charge in [-0.15, -0.1) is 0 Å². The molecule has 0 saturated carbocycles. The Balaban J connectivity index is 1.54. The second-order valence-electron chi connectivity index (χ2n) is 5.77. The number of likely N-dealkylation sites (tertiary alicyclic amines) is 1. The first-order valence-electron chi connectivity index (χ1n) is 7.84. The first-order chi connectivity index (χ1) is 9.36. The van der Waals surface area contributed by atoms with Crippen molar-refractivity contribution in [2.75, 3.05) is 32.7 Å². The summed E-state index contributed by atoms with van der Waals surface area (Å²) in [5.41, 5.74) is 1.44. The van der Waals surface area contributed by atoms with Crippen molar-refractivity contribution < 1.29 is 0 Å². The van der Waals surface area contributed by atoms with E-state index in [0.717, 1.165) is 13.1 Å². The number of benzene rings is 1. The van der Waals surface area contributed by atoms with Crippen molar-refractivity contribution in [2.45, 2.75) is 38.5 Å². The van der Waals surface area contributed by atoms with Gasteiger partial charge in [0.1, 0.15) is 0 Å². The Kier molecular flexibility index (Phi) is 6.38. The Hall–Kier alpha value is -0.860. The molecule has 1 saturated heterocycles. The molecule has 1 N–H and O–H groups in total. The van der Waals surface area contributed by atoms with Gasteiger partial charge < -0.3 is 10.2 Å². The summed E-state index contributed by atoms with van der Waals surface area (Å²) < 4.78 is 0. The maximum atomic E-state index is 3.60. The molecule has 1 aliphatic heterocycles. The number of nitrogens with one attached hydrogen (secondary N) is 1. The standard InChI is InChI=1S/C17H28N2/c1-16(17-9-4-2-5-10-17)15-18-11-8-14-19-12-6-3-7-13-19/h2,4-5,9-10,16,18H,3,6-8,11-15H2,1H3. The molecule has 0 aliphatic carbocycles. The lowest BCUT2D eigenvalue weighted by Crippen LogP contribution is -2.32. The fraction of sp³-hybridized carbons (Fsp3) is 0.647. The molecule has 106 valence electrons. The molecule has 0 amide bonds. The van der Waals surface area contributed by atoms with Gasteiger partial charge in [-0.25, -0.2) is 0 Å². The van der Waals surface area contributed by atoms with E-state index in [1.54, 1.807) is 0 Å². The normalized spacial score (nSPS) is 18.4. The molecular formula is C17H28N2. The van der Waals surface area contributed by atoms with E-state index in [1.165, 1.54) is 50.9 Å². The predicted molar refractivity (Wildman–Crippen MR) is 82.6 cm³/mol. The van der Waals surface area contributed by atoms with Crippen molar-refractivity contribution in [2.24, 2.45) is 0 Å². The molecule has 19 heavy (non-hydrogen) atoms. The Morgan fingerprint density at radius 3 is 2.58 bits per heavy atom. The summed E-state index contributed by atoms with van der Waals surface area (Å²) >= 11 is 0. The first kappa shape index (κ1) is 14.5. The van der Waals surface area contributed by atoms with Crippen LogP contribution in [0.5, 0.6) is 0 Å². The van der Waals surface area contributed by atoms with Crippen molar-refractivity contribution in [1.82, 2.24) is 10.2 Å². The summed E-state index contributed by atoms with van der Waals surface area (Å²) in [4.78, 5) is 2.62. The van der Waals surface area contributed by atoms with Gasteiger partial charge in [-0.3, -0.25) is 0 Å². The van der Waals surface area contributed by atoms with E-state index in [9.17, 15) is 0 Å². The van der Waals surface area contributed by atoms with Crippen molar-refractivity contribution in [1.29, 1.82) is 0 Å². The molecule has 0 aromatic heterocycles. The third-order valence-corrected chi connectivity index (χ3v) is 4.10. The maximum Gasteiger partial charge on any atom is 0.00174 e. The zero-order valence-electron chi connectivity index (χ0n) is 12.3. The number of hydrogen-bond donors (Lipinski definition) is 1. The van der Waals surface area contributed by atoms with E-state index >= 15 is 0 Å². The van der Waals surface area contributed by atoms with Gasteiger partial charge in [-0.2, -0.15) is 0 Å². The fourth-order valence-electron chi connectivity index (χ4n) is 2.83. The second kappa shape index (κ2) is 8.34.